The van der Waals surface area contributed by atoms with Crippen molar-refractivity contribution in [2.24, 2.45) is 0 Å². The molecule has 3 aromatic rings. The van der Waals surface area contributed by atoms with Gasteiger partial charge in [0.1, 0.15) is 5.82 Å². The van der Waals surface area contributed by atoms with Crippen molar-refractivity contribution in [3.05, 3.63) is 98.7 Å². The van der Waals surface area contributed by atoms with E-state index < -0.39 is 11.2 Å². The van der Waals surface area contributed by atoms with Gasteiger partial charge in [0.2, 0.25) is 5.91 Å². The molecule has 3 rings (SSSR count). The van der Waals surface area contributed by atoms with Crippen molar-refractivity contribution in [3.63, 3.8) is 0 Å². The van der Waals surface area contributed by atoms with E-state index in [1.165, 1.54) is 15.2 Å². The van der Waals surface area contributed by atoms with Crippen molar-refractivity contribution in [1.82, 2.24) is 14.5 Å². The second kappa shape index (κ2) is 13.1. The molecule has 0 fully saturated rings. The van der Waals surface area contributed by atoms with Gasteiger partial charge in [0.25, 0.3) is 5.56 Å². The molecule has 9 heteroatoms. The Hall–Kier alpha value is -4.14. The zero-order chi connectivity index (χ0) is 25.9. The summed E-state index contributed by atoms with van der Waals surface area (Å²) in [6.45, 7) is 4.34. The van der Waals surface area contributed by atoms with Gasteiger partial charge in [0.15, 0.2) is 0 Å². The molecule has 0 radical (unpaired) electrons. The average Bonchev–Trinajstić information content (AvgIpc) is 2.85. The minimum absolute atomic E-state index is 0.0909. The highest BCUT2D eigenvalue weighted by Gasteiger charge is 2.13. The maximum absolute atomic E-state index is 13.4. The first kappa shape index (κ1) is 26.5. The minimum atomic E-state index is -0.439. The molecular weight excluding hydrogens is 460 g/mol. The molecule has 36 heavy (non-hydrogen) atoms. The van der Waals surface area contributed by atoms with E-state index in [1.807, 2.05) is 60.7 Å². The van der Waals surface area contributed by atoms with Crippen LogP contribution in [0.25, 0.3) is 0 Å². The van der Waals surface area contributed by atoms with Crippen molar-refractivity contribution in [1.29, 1.82) is 0 Å². The standard InChI is InChI=1S/C27H32N4O5/c1-20(2)36-26(34)14-16-29-24(32)13-15-28-23-17-25(33)31(19-22-11-7-4-8-12-22)27(35)30(23)18-21-9-5-3-6-10-21/h3-12,17,20,28H,13-16,18-19H2,1-2H3,(H,29,32). The molecule has 2 aromatic carbocycles. The van der Waals surface area contributed by atoms with Crippen LogP contribution < -0.4 is 21.9 Å². The Morgan fingerprint density at radius 2 is 1.42 bits per heavy atom. The lowest BCUT2D eigenvalue weighted by Crippen LogP contribution is -2.41. The molecule has 0 bridgehead atoms. The third-order valence-electron chi connectivity index (χ3n) is 5.32. The number of ether oxygens (including phenoxy) is 1. The summed E-state index contributed by atoms with van der Waals surface area (Å²) in [6.07, 6.45) is -0.00605. The number of hydrogen-bond acceptors (Lipinski definition) is 6. The van der Waals surface area contributed by atoms with Crippen molar-refractivity contribution in [2.75, 3.05) is 18.4 Å². The van der Waals surface area contributed by atoms with E-state index in [0.717, 1.165) is 11.1 Å². The zero-order valence-corrected chi connectivity index (χ0v) is 20.6. The van der Waals surface area contributed by atoms with Crippen molar-refractivity contribution < 1.29 is 14.3 Å². The van der Waals surface area contributed by atoms with Crippen LogP contribution in [0.3, 0.4) is 0 Å². The highest BCUT2D eigenvalue weighted by atomic mass is 16.5. The summed E-state index contributed by atoms with van der Waals surface area (Å²) >= 11 is 0. The Bertz CT molecular complexity index is 1270. The molecule has 0 unspecified atom stereocenters. The number of hydrogen-bond donors (Lipinski definition) is 2. The predicted molar refractivity (Wildman–Crippen MR) is 138 cm³/mol. The molecule has 0 saturated carbocycles. The summed E-state index contributed by atoms with van der Waals surface area (Å²) in [4.78, 5) is 49.9. The van der Waals surface area contributed by atoms with Crippen LogP contribution >= 0.6 is 0 Å². The molecule has 1 aromatic heterocycles. The van der Waals surface area contributed by atoms with Gasteiger partial charge in [0, 0.05) is 25.6 Å². The number of nitrogens with one attached hydrogen (secondary N) is 2. The SMILES string of the molecule is CC(C)OC(=O)CCNC(=O)CCNc1cc(=O)n(Cc2ccccc2)c(=O)n1Cc1ccccc1. The van der Waals surface area contributed by atoms with Gasteiger partial charge in [-0.2, -0.15) is 0 Å². The molecule has 190 valence electrons. The number of aromatic nitrogens is 2. The van der Waals surface area contributed by atoms with Crippen LogP contribution in [-0.2, 0) is 27.4 Å². The monoisotopic (exact) mass is 492 g/mol. The van der Waals surface area contributed by atoms with Gasteiger partial charge in [0.05, 0.1) is 25.6 Å². The fraction of sp³-hybridized carbons (Fsp3) is 0.333. The Labute approximate surface area is 209 Å². The van der Waals surface area contributed by atoms with E-state index in [0.29, 0.717) is 5.82 Å². The van der Waals surface area contributed by atoms with Crippen LogP contribution in [0.4, 0.5) is 5.82 Å². The maximum Gasteiger partial charge on any atom is 0.333 e. The summed E-state index contributed by atoms with van der Waals surface area (Å²) in [7, 11) is 0. The van der Waals surface area contributed by atoms with E-state index in [4.69, 9.17) is 4.74 Å². The number of esters is 1. The zero-order valence-electron chi connectivity index (χ0n) is 20.6. The lowest BCUT2D eigenvalue weighted by Gasteiger charge is -2.17. The summed E-state index contributed by atoms with van der Waals surface area (Å²) in [6, 6.07) is 20.2. The normalized spacial score (nSPS) is 10.8. The van der Waals surface area contributed by atoms with E-state index in [2.05, 4.69) is 10.6 Å². The third kappa shape index (κ3) is 7.97. The van der Waals surface area contributed by atoms with E-state index in [-0.39, 0.29) is 57.0 Å². The first-order valence-corrected chi connectivity index (χ1v) is 12.0. The summed E-state index contributed by atoms with van der Waals surface area (Å²) < 4.78 is 7.74. The molecule has 0 aliphatic heterocycles. The van der Waals surface area contributed by atoms with Gasteiger partial charge in [-0.05, 0) is 25.0 Å². The maximum atomic E-state index is 13.4. The Morgan fingerprint density at radius 1 is 0.833 bits per heavy atom. The van der Waals surface area contributed by atoms with Gasteiger partial charge < -0.3 is 15.4 Å². The quantitative estimate of drug-likeness (QED) is 0.376. The van der Waals surface area contributed by atoms with Crippen molar-refractivity contribution in [2.45, 2.75) is 45.9 Å². The van der Waals surface area contributed by atoms with Crippen molar-refractivity contribution in [3.8, 4) is 0 Å². The Balaban J connectivity index is 1.70. The van der Waals surface area contributed by atoms with Crippen LogP contribution in [-0.4, -0.2) is 40.2 Å². The number of anilines is 1. The molecule has 0 aliphatic carbocycles. The first-order valence-electron chi connectivity index (χ1n) is 12.0. The predicted octanol–water partition coefficient (Wildman–Crippen LogP) is 2.37. The van der Waals surface area contributed by atoms with Crippen LogP contribution in [0.5, 0.6) is 0 Å². The Kier molecular flexibility index (Phi) is 9.62. The van der Waals surface area contributed by atoms with Gasteiger partial charge >= 0.3 is 11.7 Å². The van der Waals surface area contributed by atoms with Crippen LogP contribution in [0.2, 0.25) is 0 Å². The number of nitrogens with zero attached hydrogens (tertiary/aromatic N) is 2. The lowest BCUT2D eigenvalue weighted by atomic mass is 10.2. The van der Waals surface area contributed by atoms with Crippen LogP contribution in [0, 0.1) is 0 Å². The number of carbonyl (C=O) groups excluding carboxylic acids is 2. The fourth-order valence-corrected chi connectivity index (χ4v) is 3.61. The highest BCUT2D eigenvalue weighted by molar-refractivity contribution is 5.77. The molecule has 0 spiro atoms. The molecule has 2 N–H and O–H groups in total. The lowest BCUT2D eigenvalue weighted by molar-refractivity contribution is -0.147. The molecular formula is C27H32N4O5. The fourth-order valence-electron chi connectivity index (χ4n) is 3.61. The summed E-state index contributed by atoms with van der Waals surface area (Å²) in [5, 5.41) is 5.73. The highest BCUT2D eigenvalue weighted by Crippen LogP contribution is 2.08. The molecule has 9 nitrogen and oxygen atoms in total. The van der Waals surface area contributed by atoms with E-state index in [1.54, 1.807) is 13.8 Å². The molecule has 0 atom stereocenters. The van der Waals surface area contributed by atoms with Crippen LogP contribution in [0.15, 0.2) is 76.3 Å². The Morgan fingerprint density at radius 3 is 2.00 bits per heavy atom. The van der Waals surface area contributed by atoms with Crippen molar-refractivity contribution >= 4 is 17.7 Å². The number of amides is 1. The van der Waals surface area contributed by atoms with E-state index >= 15 is 0 Å². The number of benzene rings is 2. The second-order valence-electron chi connectivity index (χ2n) is 8.61. The topological polar surface area (TPSA) is 111 Å². The van der Waals surface area contributed by atoms with Gasteiger partial charge in [-0.15, -0.1) is 0 Å². The summed E-state index contributed by atoms with van der Waals surface area (Å²) in [5.74, 6) is -0.287. The minimum Gasteiger partial charge on any atom is -0.463 e. The van der Waals surface area contributed by atoms with Gasteiger partial charge in [-0.3, -0.25) is 23.5 Å². The van der Waals surface area contributed by atoms with Crippen LogP contribution in [0.1, 0.15) is 37.8 Å². The molecule has 0 saturated heterocycles. The molecule has 1 heterocycles. The second-order valence-corrected chi connectivity index (χ2v) is 8.61. The number of rotatable bonds is 12. The third-order valence-corrected chi connectivity index (χ3v) is 5.32. The molecule has 1 amide bonds. The number of carbonyl (C=O) groups is 2. The largest absolute Gasteiger partial charge is 0.463 e. The first-order chi connectivity index (χ1) is 17.3. The smallest absolute Gasteiger partial charge is 0.333 e. The average molecular weight is 493 g/mol. The van der Waals surface area contributed by atoms with Gasteiger partial charge in [-0.25, -0.2) is 4.79 Å². The van der Waals surface area contributed by atoms with Gasteiger partial charge in [-0.1, -0.05) is 60.7 Å². The van der Waals surface area contributed by atoms with E-state index in [9.17, 15) is 19.2 Å². The molecule has 0 aliphatic rings. The summed E-state index contributed by atoms with van der Waals surface area (Å²) in [5.41, 5.74) is 0.880.